The zero-order chi connectivity index (χ0) is 18.6. The highest BCUT2D eigenvalue weighted by Crippen LogP contribution is 2.43. The monoisotopic (exact) mass is 350 g/mol. The molecule has 1 aliphatic heterocycles. The Balaban J connectivity index is 1.90. The largest absolute Gasteiger partial charge is 0.294 e. The highest BCUT2D eigenvalue weighted by atomic mass is 16.6. The van der Waals surface area contributed by atoms with Crippen LogP contribution in [0.1, 0.15) is 61.1 Å². The van der Waals surface area contributed by atoms with Gasteiger partial charge in [0, 0.05) is 12.5 Å². The lowest BCUT2D eigenvalue weighted by atomic mass is 9.82. The number of nitrogens with zero attached hydrogens (tertiary/aromatic N) is 2. The van der Waals surface area contributed by atoms with Crippen LogP contribution in [-0.2, 0) is 0 Å². The van der Waals surface area contributed by atoms with Crippen molar-refractivity contribution in [2.75, 3.05) is 0 Å². The van der Waals surface area contributed by atoms with Crippen LogP contribution < -0.4 is 0 Å². The van der Waals surface area contributed by atoms with Crippen LogP contribution in [0, 0.1) is 17.0 Å². The number of benzene rings is 2. The van der Waals surface area contributed by atoms with Crippen LogP contribution >= 0.6 is 0 Å². The summed E-state index contributed by atoms with van der Waals surface area (Å²) in [5.74, 6) is -1.19. The first-order valence-electron chi connectivity index (χ1n) is 8.20. The number of carbonyl (C=O) groups excluding carboxylic acids is 3. The van der Waals surface area contributed by atoms with Gasteiger partial charge in [-0.15, -0.1) is 0 Å². The quantitative estimate of drug-likeness (QED) is 0.470. The van der Waals surface area contributed by atoms with Gasteiger partial charge in [0.1, 0.15) is 5.56 Å². The average molecular weight is 350 g/mol. The van der Waals surface area contributed by atoms with Gasteiger partial charge < -0.3 is 0 Å². The Morgan fingerprint density at radius 2 is 1.65 bits per heavy atom. The molecule has 1 unspecified atom stereocenters. The maximum atomic E-state index is 12.8. The van der Waals surface area contributed by atoms with Gasteiger partial charge in [-0.2, -0.15) is 0 Å². The Morgan fingerprint density at radius 1 is 1.04 bits per heavy atom. The number of ketones is 1. The fraction of sp³-hybridized carbons (Fsp3) is 0.211. The third-order valence-corrected chi connectivity index (χ3v) is 5.03. The van der Waals surface area contributed by atoms with Gasteiger partial charge in [-0.1, -0.05) is 18.2 Å². The van der Waals surface area contributed by atoms with E-state index in [0.717, 1.165) is 4.90 Å². The van der Waals surface area contributed by atoms with Crippen LogP contribution in [0.25, 0.3) is 0 Å². The third-order valence-electron chi connectivity index (χ3n) is 5.03. The molecule has 0 saturated heterocycles. The molecule has 7 heteroatoms. The predicted molar refractivity (Wildman–Crippen MR) is 91.1 cm³/mol. The van der Waals surface area contributed by atoms with Crippen molar-refractivity contribution >= 4 is 23.3 Å². The molecule has 0 bridgehead atoms. The van der Waals surface area contributed by atoms with Crippen molar-refractivity contribution in [1.82, 2.24) is 4.90 Å². The summed E-state index contributed by atoms with van der Waals surface area (Å²) in [5, 5.41) is 11.4. The fourth-order valence-electron chi connectivity index (χ4n) is 3.87. The summed E-state index contributed by atoms with van der Waals surface area (Å²) in [7, 11) is 0. The SMILES string of the molecule is Cc1ccc([N+](=O)[O-])c2c1C(N1C(=O)c3ccccc3C1=O)CCC2=O. The first kappa shape index (κ1) is 16.1. The number of hydrogen-bond acceptors (Lipinski definition) is 5. The van der Waals surface area contributed by atoms with Crippen LogP contribution in [-0.4, -0.2) is 27.4 Å². The molecule has 2 amide bonds. The number of hydrogen-bond donors (Lipinski definition) is 0. The number of rotatable bonds is 2. The van der Waals surface area contributed by atoms with E-state index >= 15 is 0 Å². The Kier molecular flexibility index (Phi) is 3.47. The minimum atomic E-state index is -0.685. The summed E-state index contributed by atoms with van der Waals surface area (Å²) in [6.07, 6.45) is 0.314. The molecule has 7 nitrogen and oxygen atoms in total. The summed E-state index contributed by atoms with van der Waals surface area (Å²) in [6.45, 7) is 1.73. The molecule has 0 fully saturated rings. The summed E-state index contributed by atoms with van der Waals surface area (Å²) in [5.41, 5.74) is 1.43. The molecular formula is C19H14N2O5. The number of nitro groups is 1. The van der Waals surface area contributed by atoms with E-state index < -0.39 is 22.8 Å². The van der Waals surface area contributed by atoms with E-state index in [-0.39, 0.29) is 29.9 Å². The smallest absolute Gasteiger partial charge is 0.280 e. The van der Waals surface area contributed by atoms with Gasteiger partial charge in [0.25, 0.3) is 17.5 Å². The maximum Gasteiger partial charge on any atom is 0.280 e. The Morgan fingerprint density at radius 3 is 2.23 bits per heavy atom. The van der Waals surface area contributed by atoms with Crippen LogP contribution in [0.15, 0.2) is 36.4 Å². The first-order valence-corrected chi connectivity index (χ1v) is 8.20. The van der Waals surface area contributed by atoms with E-state index in [0.29, 0.717) is 22.3 Å². The average Bonchev–Trinajstić information content (AvgIpc) is 2.87. The molecule has 2 aliphatic rings. The molecular weight excluding hydrogens is 336 g/mol. The van der Waals surface area contributed by atoms with Crippen molar-refractivity contribution in [3.05, 3.63) is 74.3 Å². The van der Waals surface area contributed by atoms with E-state index in [1.54, 1.807) is 37.3 Å². The van der Waals surface area contributed by atoms with Crippen LogP contribution in [0.4, 0.5) is 5.69 Å². The molecule has 0 radical (unpaired) electrons. The van der Waals surface area contributed by atoms with Crippen molar-refractivity contribution in [1.29, 1.82) is 0 Å². The molecule has 0 spiro atoms. The maximum absolute atomic E-state index is 12.8. The number of nitro benzene ring substituents is 1. The second kappa shape index (κ2) is 5.59. The Labute approximate surface area is 148 Å². The van der Waals surface area contributed by atoms with Gasteiger partial charge in [0.2, 0.25) is 0 Å². The lowest BCUT2D eigenvalue weighted by Gasteiger charge is -2.32. The fourth-order valence-corrected chi connectivity index (χ4v) is 3.87. The predicted octanol–water partition coefficient (Wildman–Crippen LogP) is 3.22. The molecule has 26 heavy (non-hydrogen) atoms. The number of carbonyl (C=O) groups is 3. The molecule has 0 N–H and O–H groups in total. The highest BCUT2D eigenvalue weighted by Gasteiger charge is 2.44. The van der Waals surface area contributed by atoms with Gasteiger partial charge in [-0.3, -0.25) is 29.4 Å². The topological polar surface area (TPSA) is 97.6 Å². The molecule has 2 aromatic carbocycles. The van der Waals surface area contributed by atoms with E-state index in [2.05, 4.69) is 0 Å². The van der Waals surface area contributed by atoms with Crippen molar-refractivity contribution in [3.63, 3.8) is 0 Å². The molecule has 1 heterocycles. The molecule has 0 aromatic heterocycles. The van der Waals surface area contributed by atoms with Gasteiger partial charge in [0.15, 0.2) is 5.78 Å². The van der Waals surface area contributed by atoms with Gasteiger partial charge in [0.05, 0.1) is 22.1 Å². The second-order valence-corrected chi connectivity index (χ2v) is 6.45. The van der Waals surface area contributed by atoms with Crippen LogP contribution in [0.2, 0.25) is 0 Å². The van der Waals surface area contributed by atoms with Gasteiger partial charge >= 0.3 is 0 Å². The highest BCUT2D eigenvalue weighted by molar-refractivity contribution is 6.21. The molecule has 2 aromatic rings. The normalized spacial score (nSPS) is 18.7. The number of imide groups is 1. The number of Topliss-reactive ketones (excluding diaryl/α,β-unsaturated/α-hetero) is 1. The molecule has 1 atom stereocenters. The standard InChI is InChI=1S/C19H14N2O5/c1-10-6-7-14(21(25)26)17-15(22)9-8-13(16(10)17)20-18(23)11-4-2-3-5-12(11)19(20)24/h2-7,13H,8-9H2,1H3. The summed E-state index contributed by atoms with van der Waals surface area (Å²) in [4.78, 5) is 50.0. The zero-order valence-electron chi connectivity index (χ0n) is 13.9. The second-order valence-electron chi connectivity index (χ2n) is 6.45. The van der Waals surface area contributed by atoms with E-state index in [4.69, 9.17) is 0 Å². The van der Waals surface area contributed by atoms with Crippen molar-refractivity contribution in [2.45, 2.75) is 25.8 Å². The minimum absolute atomic E-state index is 0.0165. The molecule has 0 saturated carbocycles. The molecule has 1 aliphatic carbocycles. The van der Waals surface area contributed by atoms with Crippen molar-refractivity contribution in [2.24, 2.45) is 0 Å². The molecule has 130 valence electrons. The van der Waals surface area contributed by atoms with Gasteiger partial charge in [-0.05, 0) is 36.6 Å². The van der Waals surface area contributed by atoms with E-state index in [1.807, 2.05) is 0 Å². The zero-order valence-corrected chi connectivity index (χ0v) is 13.9. The van der Waals surface area contributed by atoms with Crippen molar-refractivity contribution in [3.8, 4) is 0 Å². The van der Waals surface area contributed by atoms with Crippen LogP contribution in [0.3, 0.4) is 0 Å². The number of aryl methyl sites for hydroxylation is 1. The Hall–Kier alpha value is -3.35. The lowest BCUT2D eigenvalue weighted by Crippen LogP contribution is -2.37. The summed E-state index contributed by atoms with van der Waals surface area (Å²) in [6, 6.07) is 8.71. The van der Waals surface area contributed by atoms with Crippen LogP contribution in [0.5, 0.6) is 0 Å². The summed E-state index contributed by atoms with van der Waals surface area (Å²) < 4.78 is 0. The number of fused-ring (bicyclic) bond motifs is 2. The lowest BCUT2D eigenvalue weighted by molar-refractivity contribution is -0.385. The summed E-state index contributed by atoms with van der Waals surface area (Å²) >= 11 is 0. The third kappa shape index (κ3) is 2.10. The number of amides is 2. The van der Waals surface area contributed by atoms with E-state index in [9.17, 15) is 24.5 Å². The first-order chi connectivity index (χ1) is 12.4. The minimum Gasteiger partial charge on any atom is -0.294 e. The van der Waals surface area contributed by atoms with E-state index in [1.165, 1.54) is 6.07 Å². The molecule has 4 rings (SSSR count). The van der Waals surface area contributed by atoms with Gasteiger partial charge in [-0.25, -0.2) is 0 Å². The van der Waals surface area contributed by atoms with Crippen molar-refractivity contribution < 1.29 is 19.3 Å². The Bertz CT molecular complexity index is 976.